The van der Waals surface area contributed by atoms with Gasteiger partial charge in [0.15, 0.2) is 0 Å². The Labute approximate surface area is 188 Å². The van der Waals surface area contributed by atoms with Crippen molar-refractivity contribution in [2.75, 3.05) is 26.2 Å². The topological polar surface area (TPSA) is 57.6 Å². The van der Waals surface area contributed by atoms with Gasteiger partial charge in [0.1, 0.15) is 0 Å². The maximum atomic E-state index is 13.5. The number of amides is 2. The molecule has 1 saturated heterocycles. The molecule has 1 N–H and O–H groups in total. The first kappa shape index (κ1) is 20.8. The van der Waals surface area contributed by atoms with E-state index in [1.807, 2.05) is 54.4 Å². The van der Waals surface area contributed by atoms with E-state index in [2.05, 4.69) is 33.0 Å². The lowest BCUT2D eigenvalue weighted by atomic mass is 10.1. The molecule has 2 aromatic carbocycles. The van der Waals surface area contributed by atoms with Crippen molar-refractivity contribution in [2.24, 2.45) is 0 Å². The van der Waals surface area contributed by atoms with Crippen molar-refractivity contribution in [1.29, 1.82) is 0 Å². The minimum atomic E-state index is -0.152. The largest absolute Gasteiger partial charge is 0.352 e. The molecule has 1 aliphatic heterocycles. The Hall–Kier alpha value is -3.12. The van der Waals surface area contributed by atoms with Gasteiger partial charge in [0.05, 0.1) is 11.6 Å². The second-order valence-corrected chi connectivity index (χ2v) is 8.96. The maximum absolute atomic E-state index is 13.5. The Morgan fingerprint density at radius 3 is 2.38 bits per heavy atom. The van der Waals surface area contributed by atoms with Gasteiger partial charge in [0.25, 0.3) is 5.91 Å². The summed E-state index contributed by atoms with van der Waals surface area (Å²) in [6, 6.07) is 18.7. The molecule has 1 aliphatic carbocycles. The summed E-state index contributed by atoms with van der Waals surface area (Å²) in [5.41, 5.74) is 3.03. The third-order valence-electron chi connectivity index (χ3n) is 6.67. The maximum Gasteiger partial charge on any atom is 0.256 e. The van der Waals surface area contributed by atoms with Crippen molar-refractivity contribution in [2.45, 2.75) is 38.4 Å². The number of nitrogens with zero attached hydrogens (tertiary/aromatic N) is 3. The van der Waals surface area contributed by atoms with Crippen LogP contribution in [0.25, 0.3) is 10.9 Å². The molecule has 2 aliphatic rings. The average molecular weight is 431 g/mol. The van der Waals surface area contributed by atoms with Gasteiger partial charge in [-0.1, -0.05) is 48.5 Å². The van der Waals surface area contributed by atoms with Gasteiger partial charge < -0.3 is 14.8 Å². The molecule has 1 aromatic heterocycles. The fourth-order valence-electron chi connectivity index (χ4n) is 4.53. The quantitative estimate of drug-likeness (QED) is 0.654. The van der Waals surface area contributed by atoms with Crippen LogP contribution in [0.4, 0.5) is 0 Å². The fraction of sp³-hybridized carbons (Fsp3) is 0.385. The molecule has 2 amide bonds. The highest BCUT2D eigenvalue weighted by molar-refractivity contribution is 6.07. The van der Waals surface area contributed by atoms with Gasteiger partial charge in [-0.3, -0.25) is 14.5 Å². The van der Waals surface area contributed by atoms with Crippen LogP contribution in [0.1, 0.15) is 35.7 Å². The first-order chi connectivity index (χ1) is 15.6. The lowest BCUT2D eigenvalue weighted by molar-refractivity contribution is -0.126. The summed E-state index contributed by atoms with van der Waals surface area (Å²) < 4.78 is 2.17. The van der Waals surface area contributed by atoms with Crippen molar-refractivity contribution in [1.82, 2.24) is 19.7 Å². The number of para-hydroxylation sites is 1. The Morgan fingerprint density at radius 1 is 0.969 bits per heavy atom. The molecule has 3 aromatic rings. The summed E-state index contributed by atoms with van der Waals surface area (Å²) in [6.45, 7) is 5.40. The van der Waals surface area contributed by atoms with E-state index in [9.17, 15) is 9.59 Å². The summed E-state index contributed by atoms with van der Waals surface area (Å²) in [7, 11) is 0. The minimum Gasteiger partial charge on any atom is -0.352 e. The van der Waals surface area contributed by atoms with Crippen molar-refractivity contribution >= 4 is 22.7 Å². The van der Waals surface area contributed by atoms with Gasteiger partial charge in [-0.05, 0) is 31.4 Å². The zero-order chi connectivity index (χ0) is 22.1. The van der Waals surface area contributed by atoms with Crippen LogP contribution in [0, 0.1) is 0 Å². The predicted molar refractivity (Wildman–Crippen MR) is 126 cm³/mol. The zero-order valence-corrected chi connectivity index (χ0v) is 18.5. The van der Waals surface area contributed by atoms with Crippen LogP contribution in [-0.4, -0.2) is 64.4 Å². The SMILES string of the molecule is CC(C(=O)NC1CC1)N1CCN(C(=O)c2cn(Cc3ccccc3)c3ccccc23)CC1. The third-order valence-corrected chi connectivity index (χ3v) is 6.67. The Kier molecular flexibility index (Phi) is 5.70. The van der Waals surface area contributed by atoms with Crippen molar-refractivity contribution in [3.05, 3.63) is 71.9 Å². The number of benzene rings is 2. The van der Waals surface area contributed by atoms with E-state index in [0.717, 1.165) is 35.9 Å². The number of piperazine rings is 1. The van der Waals surface area contributed by atoms with Crippen LogP contribution in [-0.2, 0) is 11.3 Å². The number of fused-ring (bicyclic) bond motifs is 1. The second-order valence-electron chi connectivity index (χ2n) is 8.96. The molecule has 166 valence electrons. The van der Waals surface area contributed by atoms with Crippen LogP contribution < -0.4 is 5.32 Å². The summed E-state index contributed by atoms with van der Waals surface area (Å²) in [4.78, 5) is 30.0. The monoisotopic (exact) mass is 430 g/mol. The molecule has 1 atom stereocenters. The van der Waals surface area contributed by atoms with Crippen molar-refractivity contribution in [3.63, 3.8) is 0 Å². The van der Waals surface area contributed by atoms with E-state index in [4.69, 9.17) is 0 Å². The number of rotatable bonds is 6. The van der Waals surface area contributed by atoms with Crippen LogP contribution >= 0.6 is 0 Å². The zero-order valence-electron chi connectivity index (χ0n) is 18.5. The van der Waals surface area contributed by atoms with Crippen LogP contribution in [0.5, 0.6) is 0 Å². The number of hydrogen-bond acceptors (Lipinski definition) is 3. The molecule has 0 radical (unpaired) electrons. The van der Waals surface area contributed by atoms with Crippen molar-refractivity contribution in [3.8, 4) is 0 Å². The summed E-state index contributed by atoms with van der Waals surface area (Å²) in [5.74, 6) is 0.180. The Morgan fingerprint density at radius 2 is 1.66 bits per heavy atom. The van der Waals surface area contributed by atoms with Crippen LogP contribution in [0.15, 0.2) is 60.8 Å². The van der Waals surface area contributed by atoms with E-state index in [0.29, 0.717) is 32.2 Å². The molecule has 0 bridgehead atoms. The molecule has 1 unspecified atom stereocenters. The molecular weight excluding hydrogens is 400 g/mol. The van der Waals surface area contributed by atoms with Gasteiger partial charge in [-0.2, -0.15) is 0 Å². The molecule has 6 nitrogen and oxygen atoms in total. The van der Waals surface area contributed by atoms with Gasteiger partial charge in [0, 0.05) is 55.9 Å². The third kappa shape index (κ3) is 4.28. The highest BCUT2D eigenvalue weighted by atomic mass is 16.2. The molecule has 2 fully saturated rings. The normalized spacial score (nSPS) is 18.0. The van der Waals surface area contributed by atoms with Gasteiger partial charge >= 0.3 is 0 Å². The standard InChI is InChI=1S/C26H30N4O2/c1-19(25(31)27-21-11-12-21)28-13-15-29(16-14-28)26(32)23-18-30(17-20-7-3-2-4-8-20)24-10-6-5-9-22(23)24/h2-10,18-19,21H,11-17H2,1H3,(H,27,31). The minimum absolute atomic E-state index is 0.0720. The number of aromatic nitrogens is 1. The lowest BCUT2D eigenvalue weighted by Crippen LogP contribution is -2.55. The van der Waals surface area contributed by atoms with Crippen LogP contribution in [0.2, 0.25) is 0 Å². The van der Waals surface area contributed by atoms with E-state index in [1.165, 1.54) is 5.56 Å². The number of nitrogens with one attached hydrogen (secondary N) is 1. The summed E-state index contributed by atoms with van der Waals surface area (Å²) >= 11 is 0. The van der Waals surface area contributed by atoms with Gasteiger partial charge in [0.2, 0.25) is 5.91 Å². The van der Waals surface area contributed by atoms with E-state index in [1.54, 1.807) is 0 Å². The Balaban J connectivity index is 1.29. The van der Waals surface area contributed by atoms with E-state index in [-0.39, 0.29) is 17.9 Å². The molecule has 2 heterocycles. The highest BCUT2D eigenvalue weighted by Crippen LogP contribution is 2.25. The average Bonchev–Trinajstić information content (AvgIpc) is 3.58. The Bertz CT molecular complexity index is 1110. The van der Waals surface area contributed by atoms with Gasteiger partial charge in [-0.25, -0.2) is 0 Å². The van der Waals surface area contributed by atoms with Gasteiger partial charge in [-0.15, -0.1) is 0 Å². The number of hydrogen-bond donors (Lipinski definition) is 1. The molecule has 32 heavy (non-hydrogen) atoms. The summed E-state index contributed by atoms with van der Waals surface area (Å²) in [5, 5.41) is 4.08. The van der Waals surface area contributed by atoms with Crippen molar-refractivity contribution < 1.29 is 9.59 Å². The fourth-order valence-corrected chi connectivity index (χ4v) is 4.53. The molecule has 6 heteroatoms. The lowest BCUT2D eigenvalue weighted by Gasteiger charge is -2.37. The van der Waals surface area contributed by atoms with E-state index >= 15 is 0 Å². The first-order valence-corrected chi connectivity index (χ1v) is 11.6. The van der Waals surface area contributed by atoms with Crippen LogP contribution in [0.3, 0.4) is 0 Å². The van der Waals surface area contributed by atoms with E-state index < -0.39 is 0 Å². The smallest absolute Gasteiger partial charge is 0.256 e. The molecule has 1 saturated carbocycles. The second kappa shape index (κ2) is 8.79. The molecule has 5 rings (SSSR count). The number of carbonyl (C=O) groups excluding carboxylic acids is 2. The molecule has 0 spiro atoms. The summed E-state index contributed by atoms with van der Waals surface area (Å²) in [6.07, 6.45) is 4.19. The molecular formula is C26H30N4O2. The predicted octanol–water partition coefficient (Wildman–Crippen LogP) is 3.11. The number of carbonyl (C=O) groups is 2. The first-order valence-electron chi connectivity index (χ1n) is 11.6. The highest BCUT2D eigenvalue weighted by Gasteiger charge is 2.31.